The molecule has 1 aromatic heterocycles. The van der Waals surface area contributed by atoms with Gasteiger partial charge in [0.1, 0.15) is 0 Å². The van der Waals surface area contributed by atoms with Gasteiger partial charge in [-0.2, -0.15) is 0 Å². The molecule has 3 heteroatoms. The van der Waals surface area contributed by atoms with Crippen molar-refractivity contribution < 1.29 is 4.74 Å². The first-order valence-electron chi connectivity index (χ1n) is 8.00. The summed E-state index contributed by atoms with van der Waals surface area (Å²) in [6.45, 7) is 2.26. The third kappa shape index (κ3) is 7.49. The van der Waals surface area contributed by atoms with Crippen LogP contribution in [0.15, 0.2) is 18.3 Å². The Morgan fingerprint density at radius 1 is 1.10 bits per heavy atom. The van der Waals surface area contributed by atoms with Crippen LogP contribution < -0.4 is 10.5 Å². The highest BCUT2D eigenvalue weighted by atomic mass is 16.5. The second-order valence-corrected chi connectivity index (χ2v) is 5.58. The van der Waals surface area contributed by atoms with Crippen molar-refractivity contribution in [3.8, 4) is 5.88 Å². The van der Waals surface area contributed by atoms with Gasteiger partial charge in [-0.3, -0.25) is 0 Å². The molecule has 0 aliphatic carbocycles. The minimum atomic E-state index is 0.251. The van der Waals surface area contributed by atoms with Gasteiger partial charge in [-0.1, -0.05) is 57.9 Å². The van der Waals surface area contributed by atoms with Crippen LogP contribution in [0.5, 0.6) is 5.88 Å². The summed E-state index contributed by atoms with van der Waals surface area (Å²) in [5.41, 5.74) is 7.38. The Bertz CT molecular complexity index is 337. The Labute approximate surface area is 123 Å². The molecule has 1 atom stereocenters. The van der Waals surface area contributed by atoms with E-state index >= 15 is 0 Å². The zero-order valence-electron chi connectivity index (χ0n) is 13.1. The van der Waals surface area contributed by atoms with Crippen molar-refractivity contribution in [3.63, 3.8) is 0 Å². The molecular weight excluding hydrogens is 248 g/mol. The van der Waals surface area contributed by atoms with Crippen LogP contribution in [0.3, 0.4) is 0 Å². The molecule has 1 heterocycles. The van der Waals surface area contributed by atoms with Crippen molar-refractivity contribution in [3.05, 3.63) is 23.9 Å². The first-order valence-corrected chi connectivity index (χ1v) is 8.00. The number of rotatable bonds is 11. The zero-order chi connectivity index (χ0) is 14.6. The number of pyridine rings is 1. The zero-order valence-corrected chi connectivity index (χ0v) is 13.1. The highest BCUT2D eigenvalue weighted by molar-refractivity contribution is 5.18. The Balaban J connectivity index is 2.08. The third-order valence-electron chi connectivity index (χ3n) is 3.68. The molecule has 0 saturated heterocycles. The molecule has 1 rings (SSSR count). The van der Waals surface area contributed by atoms with E-state index in [1.807, 2.05) is 12.3 Å². The maximum Gasteiger partial charge on any atom is 0.212 e. The number of hydrogen-bond acceptors (Lipinski definition) is 3. The molecule has 1 unspecified atom stereocenters. The van der Waals surface area contributed by atoms with E-state index < -0.39 is 0 Å². The van der Waals surface area contributed by atoms with E-state index in [9.17, 15) is 0 Å². The van der Waals surface area contributed by atoms with Gasteiger partial charge in [0.15, 0.2) is 0 Å². The molecular formula is C17H30N2O. The molecule has 114 valence electrons. The first-order chi connectivity index (χ1) is 9.76. The molecule has 3 nitrogen and oxygen atoms in total. The summed E-state index contributed by atoms with van der Waals surface area (Å²) in [6.07, 6.45) is 13.3. The highest BCUT2D eigenvalue weighted by Gasteiger charge is 2.05. The topological polar surface area (TPSA) is 48.1 Å². The molecule has 0 radical (unpaired) electrons. The van der Waals surface area contributed by atoms with Gasteiger partial charge < -0.3 is 10.5 Å². The normalized spacial score (nSPS) is 12.3. The van der Waals surface area contributed by atoms with Crippen molar-refractivity contribution in [2.24, 2.45) is 5.73 Å². The fourth-order valence-electron chi connectivity index (χ4n) is 2.42. The molecule has 0 amide bonds. The van der Waals surface area contributed by atoms with Crippen LogP contribution >= 0.6 is 0 Å². The summed E-state index contributed by atoms with van der Waals surface area (Å²) in [7, 11) is 1.63. The Kier molecular flexibility index (Phi) is 9.05. The molecule has 0 bridgehead atoms. The van der Waals surface area contributed by atoms with Gasteiger partial charge in [0, 0.05) is 18.3 Å². The molecule has 0 fully saturated rings. The van der Waals surface area contributed by atoms with Crippen molar-refractivity contribution in [1.29, 1.82) is 0 Å². The number of nitrogens with zero attached hydrogens (tertiary/aromatic N) is 1. The summed E-state index contributed by atoms with van der Waals surface area (Å²) >= 11 is 0. The van der Waals surface area contributed by atoms with Crippen molar-refractivity contribution >= 4 is 0 Å². The first kappa shape index (κ1) is 17.0. The fraction of sp³-hybridized carbons (Fsp3) is 0.706. The van der Waals surface area contributed by atoms with E-state index in [2.05, 4.69) is 18.0 Å². The minimum absolute atomic E-state index is 0.251. The number of methoxy groups -OCH3 is 1. The van der Waals surface area contributed by atoms with Crippen molar-refractivity contribution in [2.75, 3.05) is 7.11 Å². The van der Waals surface area contributed by atoms with E-state index in [-0.39, 0.29) is 6.04 Å². The van der Waals surface area contributed by atoms with Gasteiger partial charge in [-0.25, -0.2) is 4.98 Å². The van der Waals surface area contributed by atoms with Gasteiger partial charge in [0.25, 0.3) is 0 Å². The van der Waals surface area contributed by atoms with Gasteiger partial charge >= 0.3 is 0 Å². The largest absolute Gasteiger partial charge is 0.481 e. The minimum Gasteiger partial charge on any atom is -0.481 e. The molecule has 1 aromatic rings. The van der Waals surface area contributed by atoms with Crippen LogP contribution in [0.2, 0.25) is 0 Å². The quantitative estimate of drug-likeness (QED) is 0.620. The van der Waals surface area contributed by atoms with Gasteiger partial charge in [0.05, 0.1) is 7.11 Å². The average molecular weight is 278 g/mol. The maximum absolute atomic E-state index is 6.18. The number of ether oxygens (including phenoxy) is 1. The number of unbranched alkanes of at least 4 members (excludes halogenated alkanes) is 6. The van der Waals surface area contributed by atoms with Crippen LogP contribution in [0.1, 0.15) is 63.9 Å². The molecule has 0 saturated carbocycles. The van der Waals surface area contributed by atoms with E-state index in [0.717, 1.165) is 12.8 Å². The monoisotopic (exact) mass is 278 g/mol. The third-order valence-corrected chi connectivity index (χ3v) is 3.68. The molecule has 20 heavy (non-hydrogen) atoms. The van der Waals surface area contributed by atoms with E-state index in [1.165, 1.54) is 50.5 Å². The number of hydrogen-bond donors (Lipinski definition) is 1. The molecule has 2 N–H and O–H groups in total. The Morgan fingerprint density at radius 3 is 2.40 bits per heavy atom. The van der Waals surface area contributed by atoms with Crippen molar-refractivity contribution in [2.45, 2.75) is 70.8 Å². The standard InChI is InChI=1S/C17H30N2O/c1-3-4-5-6-7-8-9-10-16(18)13-15-11-12-17(20-2)19-14-15/h11-12,14,16H,3-10,13,18H2,1-2H3. The van der Waals surface area contributed by atoms with Gasteiger partial charge in [-0.05, 0) is 18.4 Å². The highest BCUT2D eigenvalue weighted by Crippen LogP contribution is 2.12. The lowest BCUT2D eigenvalue weighted by Crippen LogP contribution is -2.22. The van der Waals surface area contributed by atoms with Gasteiger partial charge in [-0.15, -0.1) is 0 Å². The molecule has 0 aromatic carbocycles. The fourth-order valence-corrected chi connectivity index (χ4v) is 2.42. The summed E-state index contributed by atoms with van der Waals surface area (Å²) in [6, 6.07) is 4.20. The van der Waals surface area contributed by atoms with E-state index in [4.69, 9.17) is 10.5 Å². The van der Waals surface area contributed by atoms with Crippen molar-refractivity contribution in [1.82, 2.24) is 4.98 Å². The van der Waals surface area contributed by atoms with Gasteiger partial charge in [0.2, 0.25) is 5.88 Å². The SMILES string of the molecule is CCCCCCCCCC(N)Cc1ccc(OC)nc1. The summed E-state index contributed by atoms with van der Waals surface area (Å²) in [5, 5.41) is 0. The lowest BCUT2D eigenvalue weighted by molar-refractivity contribution is 0.397. The second-order valence-electron chi connectivity index (χ2n) is 5.58. The molecule has 0 aliphatic heterocycles. The number of nitrogens with two attached hydrogens (primary N) is 1. The van der Waals surface area contributed by atoms with E-state index in [0.29, 0.717) is 5.88 Å². The Morgan fingerprint density at radius 2 is 1.80 bits per heavy atom. The number of aromatic nitrogens is 1. The lowest BCUT2D eigenvalue weighted by atomic mass is 10.0. The van der Waals surface area contributed by atoms with Crippen LogP contribution in [0, 0.1) is 0 Å². The van der Waals surface area contributed by atoms with Crippen LogP contribution in [0.4, 0.5) is 0 Å². The molecule has 0 spiro atoms. The maximum atomic E-state index is 6.18. The lowest BCUT2D eigenvalue weighted by Gasteiger charge is -2.11. The Hall–Kier alpha value is -1.09. The van der Waals surface area contributed by atoms with Crippen LogP contribution in [-0.4, -0.2) is 18.1 Å². The predicted molar refractivity (Wildman–Crippen MR) is 85.1 cm³/mol. The summed E-state index contributed by atoms with van der Waals surface area (Å²) < 4.78 is 5.05. The smallest absolute Gasteiger partial charge is 0.212 e. The molecule has 0 aliphatic rings. The predicted octanol–water partition coefficient (Wildman–Crippen LogP) is 4.10. The van der Waals surface area contributed by atoms with E-state index in [1.54, 1.807) is 7.11 Å². The summed E-state index contributed by atoms with van der Waals surface area (Å²) in [4.78, 5) is 4.21. The van der Waals surface area contributed by atoms with Crippen LogP contribution in [-0.2, 0) is 6.42 Å². The summed E-state index contributed by atoms with van der Waals surface area (Å²) in [5.74, 6) is 0.661. The average Bonchev–Trinajstić information content (AvgIpc) is 2.47. The second kappa shape index (κ2) is 10.7. The van der Waals surface area contributed by atoms with Crippen LogP contribution in [0.25, 0.3) is 0 Å².